The summed E-state index contributed by atoms with van der Waals surface area (Å²) in [5.74, 6) is 0.411. The van der Waals surface area contributed by atoms with Crippen LogP contribution in [0.2, 0.25) is 10.0 Å². The minimum Gasteiger partial charge on any atom is -0.496 e. The fourth-order valence-electron chi connectivity index (χ4n) is 2.91. The standard InChI is InChI=1S/C18H10Cl2N4O2/c1-26-14-4-2-3-13-15(14)18(25)24-17(22-13)11(8-21)16(23-24)10-6-5-9(19)7-12(10)20/h2-7,23H,1H3. The molecular formula is C18H10Cl2N4O2. The van der Waals surface area contributed by atoms with E-state index in [0.717, 1.165) is 0 Å². The predicted molar refractivity (Wildman–Crippen MR) is 100 cm³/mol. The first-order chi connectivity index (χ1) is 12.5. The third-order valence-corrected chi connectivity index (χ3v) is 4.64. The van der Waals surface area contributed by atoms with Crippen molar-refractivity contribution >= 4 is 39.8 Å². The Labute approximate surface area is 157 Å². The van der Waals surface area contributed by atoms with E-state index in [4.69, 9.17) is 27.9 Å². The molecule has 0 aliphatic heterocycles. The number of methoxy groups -OCH3 is 1. The number of nitrogens with one attached hydrogen (secondary N) is 1. The van der Waals surface area contributed by atoms with Crippen LogP contribution in [0.3, 0.4) is 0 Å². The lowest BCUT2D eigenvalue weighted by atomic mass is 10.1. The molecule has 6 nitrogen and oxygen atoms in total. The molecule has 0 atom stereocenters. The molecule has 0 radical (unpaired) electrons. The van der Waals surface area contributed by atoms with Crippen molar-refractivity contribution in [2.45, 2.75) is 0 Å². The van der Waals surface area contributed by atoms with Crippen molar-refractivity contribution in [3.63, 3.8) is 0 Å². The molecular weight excluding hydrogens is 375 g/mol. The van der Waals surface area contributed by atoms with Gasteiger partial charge in [0.2, 0.25) is 0 Å². The van der Waals surface area contributed by atoms with E-state index in [2.05, 4.69) is 16.2 Å². The lowest BCUT2D eigenvalue weighted by Crippen LogP contribution is -2.16. The number of ether oxygens (including phenoxy) is 1. The van der Waals surface area contributed by atoms with E-state index < -0.39 is 0 Å². The largest absolute Gasteiger partial charge is 0.496 e. The zero-order valence-corrected chi connectivity index (χ0v) is 14.9. The number of nitriles is 1. The van der Waals surface area contributed by atoms with Gasteiger partial charge in [0.15, 0.2) is 5.65 Å². The molecule has 4 aromatic rings. The highest BCUT2D eigenvalue weighted by atomic mass is 35.5. The molecule has 8 heteroatoms. The van der Waals surface area contributed by atoms with Crippen LogP contribution in [0, 0.1) is 11.3 Å². The van der Waals surface area contributed by atoms with E-state index in [9.17, 15) is 10.1 Å². The Hall–Kier alpha value is -3.01. The van der Waals surface area contributed by atoms with Crippen molar-refractivity contribution in [1.82, 2.24) is 14.6 Å². The first kappa shape index (κ1) is 16.5. The Bertz CT molecular complexity index is 1280. The third-order valence-electron chi connectivity index (χ3n) is 4.09. The fraction of sp³-hybridized carbons (Fsp3) is 0.0556. The molecule has 2 heterocycles. The molecule has 1 N–H and O–H groups in total. The summed E-state index contributed by atoms with van der Waals surface area (Å²) in [4.78, 5) is 17.4. The number of rotatable bonds is 2. The smallest absolute Gasteiger partial charge is 0.284 e. The Morgan fingerprint density at radius 2 is 2.08 bits per heavy atom. The Kier molecular flexibility index (Phi) is 3.83. The summed E-state index contributed by atoms with van der Waals surface area (Å²) in [6.45, 7) is 0. The van der Waals surface area contributed by atoms with Crippen LogP contribution in [0.5, 0.6) is 5.75 Å². The molecule has 0 aliphatic rings. The molecule has 0 spiro atoms. The van der Waals surface area contributed by atoms with E-state index in [1.54, 1.807) is 36.4 Å². The van der Waals surface area contributed by atoms with Gasteiger partial charge in [-0.1, -0.05) is 29.3 Å². The number of aromatic nitrogens is 3. The summed E-state index contributed by atoms with van der Waals surface area (Å²) in [6, 6.07) is 12.1. The number of hydrogen-bond acceptors (Lipinski definition) is 4. The molecule has 2 aromatic carbocycles. The maximum absolute atomic E-state index is 13.0. The van der Waals surface area contributed by atoms with Crippen molar-refractivity contribution in [1.29, 1.82) is 5.26 Å². The molecule has 0 aliphatic carbocycles. The second-order valence-corrected chi connectivity index (χ2v) is 6.37. The third kappa shape index (κ3) is 2.33. The Morgan fingerprint density at radius 3 is 2.77 bits per heavy atom. The molecule has 0 bridgehead atoms. The van der Waals surface area contributed by atoms with Crippen LogP contribution in [0.25, 0.3) is 27.8 Å². The molecule has 0 saturated heterocycles. The summed E-state index contributed by atoms with van der Waals surface area (Å²) in [6.07, 6.45) is 0. The van der Waals surface area contributed by atoms with Crippen molar-refractivity contribution in [2.75, 3.05) is 7.11 Å². The van der Waals surface area contributed by atoms with Crippen LogP contribution in [0.15, 0.2) is 41.2 Å². The lowest BCUT2D eigenvalue weighted by molar-refractivity contribution is 0.419. The van der Waals surface area contributed by atoms with Crippen molar-refractivity contribution < 1.29 is 4.74 Å². The van der Waals surface area contributed by atoms with Crippen molar-refractivity contribution in [3.8, 4) is 23.1 Å². The first-order valence-corrected chi connectivity index (χ1v) is 8.27. The number of hydrogen-bond donors (Lipinski definition) is 1. The minimum absolute atomic E-state index is 0.219. The number of H-pyrrole nitrogens is 1. The lowest BCUT2D eigenvalue weighted by Gasteiger charge is -2.04. The van der Waals surface area contributed by atoms with Gasteiger partial charge in [0.25, 0.3) is 5.56 Å². The van der Waals surface area contributed by atoms with Crippen LogP contribution in [0.1, 0.15) is 5.56 Å². The number of halogens is 2. The average Bonchev–Trinajstić information content (AvgIpc) is 2.99. The number of benzene rings is 2. The summed E-state index contributed by atoms with van der Waals surface area (Å²) in [5, 5.41) is 13.8. The Morgan fingerprint density at radius 1 is 1.27 bits per heavy atom. The average molecular weight is 385 g/mol. The van der Waals surface area contributed by atoms with Crippen LogP contribution >= 0.6 is 23.2 Å². The van der Waals surface area contributed by atoms with Crippen LogP contribution in [0.4, 0.5) is 0 Å². The zero-order chi connectivity index (χ0) is 18.4. The second kappa shape index (κ2) is 6.06. The highest BCUT2D eigenvalue weighted by Crippen LogP contribution is 2.33. The molecule has 128 valence electrons. The number of nitrogens with zero attached hydrogens (tertiary/aromatic N) is 3. The predicted octanol–water partition coefficient (Wildman–Crippen LogP) is 4.03. The van der Waals surface area contributed by atoms with Crippen LogP contribution in [-0.4, -0.2) is 21.7 Å². The van der Waals surface area contributed by atoms with Gasteiger partial charge < -0.3 is 4.74 Å². The van der Waals surface area contributed by atoms with Gasteiger partial charge in [0.05, 0.1) is 23.3 Å². The quantitative estimate of drug-likeness (QED) is 0.565. The summed E-state index contributed by atoms with van der Waals surface area (Å²) >= 11 is 12.2. The van der Waals surface area contributed by atoms with Gasteiger partial charge in [-0.15, -0.1) is 0 Å². The fourth-order valence-corrected chi connectivity index (χ4v) is 3.42. The monoisotopic (exact) mass is 384 g/mol. The van der Waals surface area contributed by atoms with Crippen LogP contribution < -0.4 is 10.3 Å². The second-order valence-electron chi connectivity index (χ2n) is 5.53. The highest BCUT2D eigenvalue weighted by molar-refractivity contribution is 6.36. The van der Waals surface area contributed by atoms with Gasteiger partial charge in [-0.3, -0.25) is 9.89 Å². The maximum Gasteiger partial charge on any atom is 0.284 e. The summed E-state index contributed by atoms with van der Waals surface area (Å²) < 4.78 is 6.50. The number of aromatic amines is 1. The molecule has 0 unspecified atom stereocenters. The molecule has 4 rings (SSSR count). The maximum atomic E-state index is 13.0. The summed E-state index contributed by atoms with van der Waals surface area (Å²) in [5.41, 5.74) is 1.46. The Balaban J connectivity index is 2.15. The van der Waals surface area contributed by atoms with Gasteiger partial charge in [-0.2, -0.15) is 9.78 Å². The van der Waals surface area contributed by atoms with Gasteiger partial charge in [-0.25, -0.2) is 4.98 Å². The van der Waals surface area contributed by atoms with Crippen LogP contribution in [-0.2, 0) is 0 Å². The van der Waals surface area contributed by atoms with E-state index in [0.29, 0.717) is 38.0 Å². The topological polar surface area (TPSA) is 83.2 Å². The SMILES string of the molecule is COc1cccc2nc3c(C#N)c(-c4ccc(Cl)cc4Cl)[nH]n3c(=O)c12. The van der Waals surface area contributed by atoms with Crippen molar-refractivity contribution in [2.24, 2.45) is 0 Å². The molecule has 0 saturated carbocycles. The van der Waals surface area contributed by atoms with Gasteiger partial charge >= 0.3 is 0 Å². The van der Waals surface area contributed by atoms with E-state index >= 15 is 0 Å². The van der Waals surface area contributed by atoms with Crippen molar-refractivity contribution in [3.05, 3.63) is 62.4 Å². The van der Waals surface area contributed by atoms with E-state index in [1.165, 1.54) is 11.6 Å². The number of fused-ring (bicyclic) bond motifs is 2. The molecule has 26 heavy (non-hydrogen) atoms. The van der Waals surface area contributed by atoms with E-state index in [1.807, 2.05) is 0 Å². The normalized spacial score (nSPS) is 11.0. The first-order valence-electron chi connectivity index (χ1n) is 7.52. The van der Waals surface area contributed by atoms with E-state index in [-0.39, 0.29) is 16.8 Å². The zero-order valence-electron chi connectivity index (χ0n) is 13.4. The highest BCUT2D eigenvalue weighted by Gasteiger charge is 2.20. The van der Waals surface area contributed by atoms with Gasteiger partial charge in [0.1, 0.15) is 22.8 Å². The molecule has 0 fully saturated rings. The summed E-state index contributed by atoms with van der Waals surface area (Å²) in [7, 11) is 1.48. The van der Waals surface area contributed by atoms with Gasteiger partial charge in [0, 0.05) is 10.6 Å². The van der Waals surface area contributed by atoms with Gasteiger partial charge in [-0.05, 0) is 30.3 Å². The molecule has 2 aromatic heterocycles. The molecule has 0 amide bonds. The minimum atomic E-state index is -0.365.